The Morgan fingerprint density at radius 3 is 2.56 bits per heavy atom. The van der Waals surface area contributed by atoms with E-state index in [1.54, 1.807) is 5.19 Å². The molecule has 0 bridgehead atoms. The molecule has 1 fully saturated rings. The minimum absolute atomic E-state index is 0.0542. The van der Waals surface area contributed by atoms with Crippen LogP contribution in [-0.4, -0.2) is 21.0 Å². The highest BCUT2D eigenvalue weighted by Gasteiger charge is 2.24. The monoisotopic (exact) mass is 474 g/mol. The molecular weight excluding hydrogens is 439 g/mol. The normalized spacial score (nSPS) is 18.3. The topological polar surface area (TPSA) is 18.5 Å². The van der Waals surface area contributed by atoms with Gasteiger partial charge in [-0.15, -0.1) is 0 Å². The van der Waals surface area contributed by atoms with Gasteiger partial charge in [0, 0.05) is 6.42 Å². The number of rotatable bonds is 10. The summed E-state index contributed by atoms with van der Waals surface area (Å²) in [7, 11) is -1.35. The Morgan fingerprint density at radius 1 is 1.12 bits per heavy atom. The number of hydrogen-bond donors (Lipinski definition) is 0. The van der Waals surface area contributed by atoms with E-state index in [0.29, 0.717) is 0 Å². The third-order valence-electron chi connectivity index (χ3n) is 5.27. The summed E-state index contributed by atoms with van der Waals surface area (Å²) in [4.78, 5) is 0. The maximum atomic E-state index is 6.08. The first-order valence-electron chi connectivity index (χ1n) is 10.1. The van der Waals surface area contributed by atoms with Crippen LogP contribution >= 0.6 is 22.6 Å². The summed E-state index contributed by atoms with van der Waals surface area (Å²) in [6.45, 7) is 8.13. The molecule has 0 N–H and O–H groups in total. The van der Waals surface area contributed by atoms with E-state index < -0.39 is 8.07 Å². The first kappa shape index (κ1) is 21.2. The van der Waals surface area contributed by atoms with Gasteiger partial charge in [-0.05, 0) is 47.6 Å². The Kier molecular flexibility index (Phi) is 9.28. The Bertz CT molecular complexity index is 513. The minimum atomic E-state index is -1.35. The van der Waals surface area contributed by atoms with Crippen LogP contribution in [-0.2, 0) is 4.74 Å². The summed E-state index contributed by atoms with van der Waals surface area (Å²) in [5.74, 6) is 0.987. The maximum Gasteiger partial charge on any atom is 0.199 e. The van der Waals surface area contributed by atoms with Crippen LogP contribution in [0.15, 0.2) is 18.2 Å². The van der Waals surface area contributed by atoms with Gasteiger partial charge in [-0.3, -0.25) is 0 Å². The van der Waals surface area contributed by atoms with Crippen LogP contribution in [0.3, 0.4) is 0 Å². The van der Waals surface area contributed by atoms with Crippen molar-refractivity contribution < 1.29 is 9.47 Å². The first-order chi connectivity index (χ1) is 12.0. The molecule has 1 aromatic carbocycles. The fourth-order valence-corrected chi connectivity index (χ4v) is 6.88. The highest BCUT2D eigenvalue weighted by Crippen LogP contribution is 2.26. The molecule has 4 heteroatoms. The average molecular weight is 474 g/mol. The van der Waals surface area contributed by atoms with Crippen molar-refractivity contribution in [2.45, 2.75) is 90.1 Å². The van der Waals surface area contributed by atoms with Gasteiger partial charge < -0.3 is 9.47 Å². The van der Waals surface area contributed by atoms with Crippen molar-refractivity contribution in [1.82, 2.24) is 0 Å². The number of benzene rings is 1. The molecule has 1 saturated heterocycles. The Hall–Kier alpha value is -0.0731. The second kappa shape index (κ2) is 10.9. The Balaban J connectivity index is 1.86. The minimum Gasteiger partial charge on any atom is -0.464 e. The molecule has 1 unspecified atom stereocenters. The Labute approximate surface area is 169 Å². The van der Waals surface area contributed by atoms with Crippen molar-refractivity contribution in [3.8, 4) is 5.75 Å². The molecule has 1 atom stereocenters. The van der Waals surface area contributed by atoms with Crippen LogP contribution in [0.5, 0.6) is 5.75 Å². The van der Waals surface area contributed by atoms with Crippen LogP contribution < -0.4 is 9.92 Å². The molecule has 0 spiro atoms. The molecule has 25 heavy (non-hydrogen) atoms. The molecule has 2 nitrogen and oxygen atoms in total. The standard InChI is InChI=1S/C21H35IO2Si/c1-4-5-6-7-8-11-16-25(2,3)18-13-14-20(19(22)17-18)24-21-12-9-10-15-23-21/h13-14,17,21H,4-12,15-16H2,1-3H3. The van der Waals surface area contributed by atoms with Crippen molar-refractivity contribution in [1.29, 1.82) is 0 Å². The quantitative estimate of drug-likeness (QED) is 0.220. The van der Waals surface area contributed by atoms with E-state index in [9.17, 15) is 0 Å². The van der Waals surface area contributed by atoms with Gasteiger partial charge in [0.15, 0.2) is 6.29 Å². The van der Waals surface area contributed by atoms with E-state index in [4.69, 9.17) is 9.47 Å². The van der Waals surface area contributed by atoms with E-state index in [1.807, 2.05) is 0 Å². The van der Waals surface area contributed by atoms with Crippen LogP contribution in [0.25, 0.3) is 0 Å². The van der Waals surface area contributed by atoms with Gasteiger partial charge in [-0.1, -0.05) is 75.8 Å². The van der Waals surface area contributed by atoms with Crippen molar-refractivity contribution >= 4 is 35.9 Å². The number of ether oxygens (including phenoxy) is 2. The molecule has 1 heterocycles. The van der Waals surface area contributed by atoms with Gasteiger partial charge in [-0.25, -0.2) is 0 Å². The van der Waals surface area contributed by atoms with Crippen molar-refractivity contribution in [3.63, 3.8) is 0 Å². The molecule has 1 aromatic rings. The molecule has 0 saturated carbocycles. The fourth-order valence-electron chi connectivity index (χ4n) is 3.45. The van der Waals surface area contributed by atoms with Gasteiger partial charge in [0.1, 0.15) is 5.75 Å². The lowest BCUT2D eigenvalue weighted by atomic mass is 10.1. The Morgan fingerprint density at radius 2 is 1.88 bits per heavy atom. The van der Waals surface area contributed by atoms with Crippen LogP contribution in [0.4, 0.5) is 0 Å². The lowest BCUT2D eigenvalue weighted by Crippen LogP contribution is -2.41. The van der Waals surface area contributed by atoms with E-state index in [2.05, 4.69) is 60.8 Å². The summed E-state index contributed by atoms with van der Waals surface area (Å²) < 4.78 is 13.0. The average Bonchev–Trinajstić information content (AvgIpc) is 2.60. The molecule has 1 aliphatic rings. The largest absolute Gasteiger partial charge is 0.464 e. The summed E-state index contributed by atoms with van der Waals surface area (Å²) in [6, 6.07) is 8.23. The van der Waals surface area contributed by atoms with Crippen molar-refractivity contribution in [2.75, 3.05) is 6.61 Å². The lowest BCUT2D eigenvalue weighted by molar-refractivity contribution is -0.106. The second-order valence-corrected chi connectivity index (χ2v) is 14.0. The molecule has 2 rings (SSSR count). The van der Waals surface area contributed by atoms with Gasteiger partial charge in [0.25, 0.3) is 0 Å². The summed E-state index contributed by atoms with van der Waals surface area (Å²) >= 11 is 2.42. The zero-order chi connectivity index (χ0) is 18.1. The highest BCUT2D eigenvalue weighted by atomic mass is 127. The first-order valence-corrected chi connectivity index (χ1v) is 14.4. The smallest absolute Gasteiger partial charge is 0.199 e. The van der Waals surface area contributed by atoms with Gasteiger partial charge in [-0.2, -0.15) is 0 Å². The molecule has 142 valence electrons. The summed E-state index contributed by atoms with van der Waals surface area (Å²) in [5, 5.41) is 1.56. The third kappa shape index (κ3) is 7.22. The summed E-state index contributed by atoms with van der Waals surface area (Å²) in [6.07, 6.45) is 11.6. The maximum absolute atomic E-state index is 6.08. The SMILES string of the molecule is CCCCCCCC[Si](C)(C)c1ccc(OC2CCCCO2)c(I)c1. The van der Waals surface area contributed by atoms with Gasteiger partial charge >= 0.3 is 0 Å². The van der Waals surface area contributed by atoms with E-state index in [1.165, 1.54) is 54.6 Å². The number of hydrogen-bond acceptors (Lipinski definition) is 2. The van der Waals surface area contributed by atoms with Crippen LogP contribution in [0, 0.1) is 3.57 Å². The van der Waals surface area contributed by atoms with Crippen molar-refractivity contribution in [3.05, 3.63) is 21.8 Å². The zero-order valence-corrected chi connectivity index (χ0v) is 19.4. The van der Waals surface area contributed by atoms with Crippen molar-refractivity contribution in [2.24, 2.45) is 0 Å². The predicted molar refractivity (Wildman–Crippen MR) is 119 cm³/mol. The zero-order valence-electron chi connectivity index (χ0n) is 16.3. The number of halogens is 1. The van der Waals surface area contributed by atoms with Crippen LogP contribution in [0.2, 0.25) is 19.1 Å². The summed E-state index contributed by atoms with van der Waals surface area (Å²) in [5.41, 5.74) is 0. The molecular formula is C21H35IO2Si. The second-order valence-electron chi connectivity index (χ2n) is 7.96. The lowest BCUT2D eigenvalue weighted by Gasteiger charge is -2.26. The molecule has 1 aliphatic heterocycles. The van der Waals surface area contributed by atoms with E-state index in [0.717, 1.165) is 25.2 Å². The van der Waals surface area contributed by atoms with E-state index >= 15 is 0 Å². The van der Waals surface area contributed by atoms with E-state index in [-0.39, 0.29) is 6.29 Å². The molecule has 0 radical (unpaired) electrons. The number of unbranched alkanes of at least 4 members (excludes halogenated alkanes) is 5. The molecule has 0 aliphatic carbocycles. The predicted octanol–water partition coefficient (Wildman–Crippen LogP) is 6.47. The molecule has 0 aromatic heterocycles. The highest BCUT2D eigenvalue weighted by molar-refractivity contribution is 14.1. The third-order valence-corrected chi connectivity index (χ3v) is 9.59. The van der Waals surface area contributed by atoms with Gasteiger partial charge in [0.2, 0.25) is 0 Å². The van der Waals surface area contributed by atoms with Gasteiger partial charge in [0.05, 0.1) is 18.3 Å². The molecule has 0 amide bonds. The fraction of sp³-hybridized carbons (Fsp3) is 0.714. The van der Waals surface area contributed by atoms with Crippen LogP contribution in [0.1, 0.15) is 64.7 Å².